The number of fused-ring (bicyclic) bond motifs is 1. The lowest BCUT2D eigenvalue weighted by Gasteiger charge is -2.00. The third-order valence-corrected chi connectivity index (χ3v) is 3.93. The van der Waals surface area contributed by atoms with Crippen LogP contribution in [0.1, 0.15) is 0 Å². The highest BCUT2D eigenvalue weighted by Gasteiger charge is 1.99. The molecule has 4 heteroatoms. The predicted molar refractivity (Wildman–Crippen MR) is 105 cm³/mol. The lowest BCUT2D eigenvalue weighted by Crippen LogP contribution is -1.72. The molecule has 0 saturated heterocycles. The maximum absolute atomic E-state index is 4.40. The van der Waals surface area contributed by atoms with Gasteiger partial charge in [0.25, 0.3) is 0 Å². The Hall–Kier alpha value is -3.66. The van der Waals surface area contributed by atoms with Crippen LogP contribution in [-0.2, 0) is 0 Å². The summed E-state index contributed by atoms with van der Waals surface area (Å²) in [6.45, 7) is 0. The number of rotatable bonds is 4. The topological polar surface area (TPSA) is 49.4 Å². The number of hydrogen-bond donors (Lipinski definition) is 0. The van der Waals surface area contributed by atoms with Gasteiger partial charge in [-0.15, -0.1) is 5.11 Å². The van der Waals surface area contributed by atoms with E-state index in [1.807, 2.05) is 78.9 Å². The third-order valence-electron chi connectivity index (χ3n) is 3.93. The van der Waals surface area contributed by atoms with Gasteiger partial charge in [-0.3, -0.25) is 0 Å². The molecule has 0 atom stereocenters. The fourth-order valence-electron chi connectivity index (χ4n) is 2.60. The second-order valence-electron chi connectivity index (χ2n) is 5.75. The molecule has 0 bridgehead atoms. The molecule has 0 aromatic heterocycles. The Balaban J connectivity index is 1.52. The zero-order chi connectivity index (χ0) is 17.6. The largest absolute Gasteiger partial charge is 0.151 e. The first-order valence-electron chi connectivity index (χ1n) is 8.35. The molecule has 0 aliphatic rings. The highest BCUT2D eigenvalue weighted by atomic mass is 15.1. The fourth-order valence-corrected chi connectivity index (χ4v) is 2.60. The Morgan fingerprint density at radius 2 is 0.923 bits per heavy atom. The summed E-state index contributed by atoms with van der Waals surface area (Å²) in [6, 6.07) is 31.4. The van der Waals surface area contributed by atoms with Gasteiger partial charge in [0.2, 0.25) is 0 Å². The van der Waals surface area contributed by atoms with Crippen LogP contribution in [-0.4, -0.2) is 0 Å². The van der Waals surface area contributed by atoms with Gasteiger partial charge in [-0.1, -0.05) is 54.6 Å². The zero-order valence-electron chi connectivity index (χ0n) is 14.0. The van der Waals surface area contributed by atoms with E-state index in [0.29, 0.717) is 0 Å². The van der Waals surface area contributed by atoms with Crippen molar-refractivity contribution in [1.29, 1.82) is 0 Å². The van der Waals surface area contributed by atoms with Crippen LogP contribution in [0.4, 0.5) is 22.7 Å². The molecule has 4 nitrogen and oxygen atoms in total. The molecule has 4 aromatic rings. The molecule has 26 heavy (non-hydrogen) atoms. The van der Waals surface area contributed by atoms with Crippen molar-refractivity contribution >= 4 is 33.5 Å². The molecular weight excluding hydrogens is 320 g/mol. The Morgan fingerprint density at radius 3 is 1.65 bits per heavy atom. The van der Waals surface area contributed by atoms with Crippen LogP contribution in [0.3, 0.4) is 0 Å². The summed E-state index contributed by atoms with van der Waals surface area (Å²) < 4.78 is 0. The lowest BCUT2D eigenvalue weighted by atomic mass is 10.1. The highest BCUT2D eigenvalue weighted by molar-refractivity contribution is 5.92. The van der Waals surface area contributed by atoms with Gasteiger partial charge >= 0.3 is 0 Å². The Bertz CT molecular complexity index is 1060. The molecule has 0 heterocycles. The van der Waals surface area contributed by atoms with Gasteiger partial charge in [0.05, 0.1) is 22.7 Å². The van der Waals surface area contributed by atoms with Gasteiger partial charge in [0.1, 0.15) is 0 Å². The van der Waals surface area contributed by atoms with Crippen molar-refractivity contribution in [1.82, 2.24) is 0 Å². The van der Waals surface area contributed by atoms with Crippen LogP contribution in [0.5, 0.6) is 0 Å². The van der Waals surface area contributed by atoms with Crippen molar-refractivity contribution in [2.24, 2.45) is 20.5 Å². The van der Waals surface area contributed by atoms with Gasteiger partial charge in [-0.05, 0) is 47.9 Å². The minimum atomic E-state index is 0.775. The van der Waals surface area contributed by atoms with E-state index in [4.69, 9.17) is 0 Å². The van der Waals surface area contributed by atoms with Crippen LogP contribution in [0.15, 0.2) is 118 Å². The summed E-state index contributed by atoms with van der Waals surface area (Å²) in [4.78, 5) is 0. The molecule has 0 unspecified atom stereocenters. The monoisotopic (exact) mass is 336 g/mol. The van der Waals surface area contributed by atoms with E-state index >= 15 is 0 Å². The molecule has 124 valence electrons. The normalized spacial score (nSPS) is 11.5. The predicted octanol–water partition coefficient (Wildman–Crippen LogP) is 7.67. The van der Waals surface area contributed by atoms with E-state index in [9.17, 15) is 0 Å². The molecule has 0 aliphatic heterocycles. The van der Waals surface area contributed by atoms with Crippen molar-refractivity contribution in [2.45, 2.75) is 0 Å². The molecule has 4 aromatic carbocycles. The molecule has 0 aliphatic carbocycles. The minimum absolute atomic E-state index is 0.775. The molecule has 0 saturated carbocycles. The quantitative estimate of drug-likeness (QED) is 0.343. The van der Waals surface area contributed by atoms with Crippen molar-refractivity contribution in [2.75, 3.05) is 0 Å². The number of benzene rings is 4. The van der Waals surface area contributed by atoms with E-state index in [-0.39, 0.29) is 0 Å². The van der Waals surface area contributed by atoms with Gasteiger partial charge in [0.15, 0.2) is 0 Å². The van der Waals surface area contributed by atoms with Crippen molar-refractivity contribution in [3.8, 4) is 0 Å². The van der Waals surface area contributed by atoms with E-state index in [2.05, 4.69) is 38.7 Å². The second kappa shape index (κ2) is 7.49. The molecule has 0 fully saturated rings. The minimum Gasteiger partial charge on any atom is -0.151 e. The number of hydrogen-bond acceptors (Lipinski definition) is 4. The average Bonchev–Trinajstić information content (AvgIpc) is 2.72. The SMILES string of the molecule is c1ccc(/N=N/c2ccc(/N=N/c3cccc4ccccc34)cc2)cc1. The smallest absolute Gasteiger partial charge is 0.0935 e. The van der Waals surface area contributed by atoms with Crippen LogP contribution in [0, 0.1) is 0 Å². The highest BCUT2D eigenvalue weighted by Crippen LogP contribution is 2.28. The first-order valence-corrected chi connectivity index (χ1v) is 8.35. The van der Waals surface area contributed by atoms with Gasteiger partial charge < -0.3 is 0 Å². The average molecular weight is 336 g/mol. The van der Waals surface area contributed by atoms with E-state index in [1.54, 1.807) is 0 Å². The number of azo groups is 2. The molecule has 4 rings (SSSR count). The maximum Gasteiger partial charge on any atom is 0.0935 e. The molecule has 0 radical (unpaired) electrons. The molecular formula is C22H16N4. The van der Waals surface area contributed by atoms with Gasteiger partial charge in [-0.25, -0.2) is 0 Å². The first-order chi connectivity index (χ1) is 12.9. The summed E-state index contributed by atoms with van der Waals surface area (Å²) in [5.74, 6) is 0. The summed E-state index contributed by atoms with van der Waals surface area (Å²) in [5, 5.41) is 19.4. The maximum atomic E-state index is 4.40. The van der Waals surface area contributed by atoms with E-state index in [1.165, 1.54) is 0 Å². The number of nitrogens with zero attached hydrogens (tertiary/aromatic N) is 4. The Kier molecular flexibility index (Phi) is 4.56. The second-order valence-corrected chi connectivity index (χ2v) is 5.75. The summed E-state index contributed by atoms with van der Waals surface area (Å²) >= 11 is 0. The third kappa shape index (κ3) is 3.70. The van der Waals surface area contributed by atoms with Crippen molar-refractivity contribution in [3.63, 3.8) is 0 Å². The molecule has 0 amide bonds. The Labute approximate surface area is 151 Å². The first kappa shape index (κ1) is 15.8. The van der Waals surface area contributed by atoms with E-state index < -0.39 is 0 Å². The van der Waals surface area contributed by atoms with E-state index in [0.717, 1.165) is 33.5 Å². The Morgan fingerprint density at radius 1 is 0.385 bits per heavy atom. The van der Waals surface area contributed by atoms with Gasteiger partial charge in [-0.2, -0.15) is 15.3 Å². The summed E-state index contributed by atoms with van der Waals surface area (Å²) in [7, 11) is 0. The fraction of sp³-hybridized carbons (Fsp3) is 0. The zero-order valence-corrected chi connectivity index (χ0v) is 14.0. The van der Waals surface area contributed by atoms with Crippen molar-refractivity contribution in [3.05, 3.63) is 97.1 Å². The molecule has 0 N–H and O–H groups in total. The molecule has 0 spiro atoms. The lowest BCUT2D eigenvalue weighted by molar-refractivity contribution is 1.21. The van der Waals surface area contributed by atoms with Crippen LogP contribution < -0.4 is 0 Å². The van der Waals surface area contributed by atoms with Crippen LogP contribution >= 0.6 is 0 Å². The van der Waals surface area contributed by atoms with Gasteiger partial charge in [0, 0.05) is 5.39 Å². The standard InChI is InChI=1S/C22H16N4/c1-2-9-18(10-3-1)23-24-19-13-15-20(16-14-19)25-26-22-12-6-8-17-7-4-5-11-21(17)22/h1-16H/b24-23+,26-25+. The van der Waals surface area contributed by atoms with Crippen LogP contribution in [0.2, 0.25) is 0 Å². The summed E-state index contributed by atoms with van der Waals surface area (Å²) in [5.41, 5.74) is 3.23. The van der Waals surface area contributed by atoms with Crippen molar-refractivity contribution < 1.29 is 0 Å². The summed E-state index contributed by atoms with van der Waals surface area (Å²) in [6.07, 6.45) is 0. The van der Waals surface area contributed by atoms with Crippen LogP contribution in [0.25, 0.3) is 10.8 Å².